The number of carboxylic acid groups (broad SMARTS) is 1. The minimum Gasteiger partial charge on any atom is -0.479 e. The molecule has 1 atom stereocenters. The molecule has 0 aliphatic heterocycles. The van der Waals surface area contributed by atoms with Crippen LogP contribution < -0.4 is 0 Å². The van der Waals surface area contributed by atoms with Gasteiger partial charge in [0.15, 0.2) is 5.60 Å². The Morgan fingerprint density at radius 2 is 2.00 bits per heavy atom. The van der Waals surface area contributed by atoms with Gasteiger partial charge in [-0.1, -0.05) is 35.3 Å². The van der Waals surface area contributed by atoms with E-state index in [2.05, 4.69) is 0 Å². The number of carboxylic acids is 1. The number of carbonyl (C=O) groups is 1. The van der Waals surface area contributed by atoms with Crippen molar-refractivity contribution in [3.63, 3.8) is 0 Å². The van der Waals surface area contributed by atoms with Crippen molar-refractivity contribution in [1.82, 2.24) is 0 Å². The highest BCUT2D eigenvalue weighted by Crippen LogP contribution is 2.33. The predicted octanol–water partition coefficient (Wildman–Crippen LogP) is 2.29. The number of halogens is 2. The fourth-order valence-corrected chi connectivity index (χ4v) is 1.48. The second kappa shape index (κ2) is 3.77. The summed E-state index contributed by atoms with van der Waals surface area (Å²) in [6.45, 7) is 1.15. The van der Waals surface area contributed by atoms with Gasteiger partial charge in [0.25, 0.3) is 0 Å². The molecule has 0 saturated heterocycles. The third kappa shape index (κ3) is 1.85. The first-order valence-corrected chi connectivity index (χ1v) is 4.53. The number of aliphatic hydroxyl groups is 1. The maximum Gasteiger partial charge on any atom is 0.340 e. The molecule has 2 N–H and O–H groups in total. The van der Waals surface area contributed by atoms with Gasteiger partial charge in [0.1, 0.15) is 0 Å². The summed E-state index contributed by atoms with van der Waals surface area (Å²) in [5.41, 5.74) is -1.94. The third-order valence-corrected chi connectivity index (χ3v) is 2.71. The number of hydrogen-bond acceptors (Lipinski definition) is 2. The van der Waals surface area contributed by atoms with Crippen LogP contribution in [0.4, 0.5) is 0 Å². The molecule has 0 spiro atoms. The van der Waals surface area contributed by atoms with Crippen molar-refractivity contribution in [2.75, 3.05) is 0 Å². The summed E-state index contributed by atoms with van der Waals surface area (Å²) in [6.07, 6.45) is 0. The second-order valence-corrected chi connectivity index (χ2v) is 3.76. The number of hydrogen-bond donors (Lipinski definition) is 2. The predicted molar refractivity (Wildman–Crippen MR) is 53.7 cm³/mol. The molecule has 1 unspecified atom stereocenters. The third-order valence-electron chi connectivity index (χ3n) is 1.89. The number of rotatable bonds is 2. The van der Waals surface area contributed by atoms with E-state index in [9.17, 15) is 9.90 Å². The monoisotopic (exact) mass is 234 g/mol. The Bertz CT molecular complexity index is 374. The van der Waals surface area contributed by atoms with Crippen molar-refractivity contribution in [3.8, 4) is 0 Å². The minimum atomic E-state index is -2.03. The van der Waals surface area contributed by atoms with Crippen LogP contribution in [0, 0.1) is 0 Å². The molecule has 14 heavy (non-hydrogen) atoms. The van der Waals surface area contributed by atoms with E-state index in [0.29, 0.717) is 0 Å². The number of aliphatic carboxylic acids is 1. The highest BCUT2D eigenvalue weighted by Gasteiger charge is 2.34. The fraction of sp³-hybridized carbons (Fsp3) is 0.222. The fourth-order valence-electron chi connectivity index (χ4n) is 0.995. The smallest absolute Gasteiger partial charge is 0.340 e. The van der Waals surface area contributed by atoms with Crippen molar-refractivity contribution in [3.05, 3.63) is 33.8 Å². The maximum atomic E-state index is 10.7. The Labute approximate surface area is 90.9 Å². The van der Waals surface area contributed by atoms with E-state index in [4.69, 9.17) is 28.3 Å². The largest absolute Gasteiger partial charge is 0.479 e. The van der Waals surface area contributed by atoms with Gasteiger partial charge in [-0.25, -0.2) is 4.79 Å². The molecule has 0 aliphatic rings. The molecule has 0 bridgehead atoms. The van der Waals surface area contributed by atoms with Crippen molar-refractivity contribution in [2.45, 2.75) is 12.5 Å². The first kappa shape index (κ1) is 11.3. The summed E-state index contributed by atoms with van der Waals surface area (Å²) in [5.74, 6) is -1.37. The molecule has 5 heteroatoms. The van der Waals surface area contributed by atoms with E-state index in [1.807, 2.05) is 0 Å². The van der Waals surface area contributed by atoms with Crippen LogP contribution in [0.2, 0.25) is 10.0 Å². The number of benzene rings is 1. The summed E-state index contributed by atoms with van der Waals surface area (Å²) in [4.78, 5) is 10.7. The normalized spacial score (nSPS) is 14.9. The van der Waals surface area contributed by atoms with Crippen LogP contribution >= 0.6 is 23.2 Å². The molecule has 0 aromatic heterocycles. The molecular formula is C9H8Cl2O3. The van der Waals surface area contributed by atoms with Crippen molar-refractivity contribution >= 4 is 29.2 Å². The molecule has 1 rings (SSSR count). The molecule has 3 nitrogen and oxygen atoms in total. The Morgan fingerprint density at radius 1 is 1.43 bits per heavy atom. The maximum absolute atomic E-state index is 10.7. The Balaban J connectivity index is 3.33. The van der Waals surface area contributed by atoms with Crippen molar-refractivity contribution in [1.29, 1.82) is 0 Å². The van der Waals surface area contributed by atoms with E-state index in [-0.39, 0.29) is 15.6 Å². The van der Waals surface area contributed by atoms with Gasteiger partial charge in [-0.3, -0.25) is 0 Å². The van der Waals surface area contributed by atoms with Gasteiger partial charge in [0.05, 0.1) is 10.0 Å². The van der Waals surface area contributed by atoms with E-state index >= 15 is 0 Å². The van der Waals surface area contributed by atoms with Gasteiger partial charge in [0.2, 0.25) is 0 Å². The lowest BCUT2D eigenvalue weighted by Crippen LogP contribution is -2.32. The lowest BCUT2D eigenvalue weighted by atomic mass is 9.96. The average Bonchev–Trinajstić information content (AvgIpc) is 2.09. The minimum absolute atomic E-state index is 0.0570. The highest BCUT2D eigenvalue weighted by molar-refractivity contribution is 6.42. The van der Waals surface area contributed by atoms with Crippen molar-refractivity contribution < 1.29 is 15.0 Å². The quantitative estimate of drug-likeness (QED) is 0.826. The van der Waals surface area contributed by atoms with Gasteiger partial charge < -0.3 is 10.2 Å². The summed E-state index contributed by atoms with van der Waals surface area (Å²) < 4.78 is 0. The first-order valence-electron chi connectivity index (χ1n) is 3.77. The zero-order chi connectivity index (χ0) is 10.9. The molecular weight excluding hydrogens is 227 g/mol. The van der Waals surface area contributed by atoms with E-state index in [1.165, 1.54) is 18.2 Å². The molecule has 0 radical (unpaired) electrons. The van der Waals surface area contributed by atoms with Crippen molar-refractivity contribution in [2.24, 2.45) is 0 Å². The average molecular weight is 235 g/mol. The second-order valence-electron chi connectivity index (χ2n) is 2.98. The Morgan fingerprint density at radius 3 is 2.50 bits per heavy atom. The summed E-state index contributed by atoms with van der Waals surface area (Å²) in [7, 11) is 0. The van der Waals surface area contributed by atoms with Crippen LogP contribution in [0.3, 0.4) is 0 Å². The van der Waals surface area contributed by atoms with E-state index in [1.54, 1.807) is 0 Å². The SMILES string of the molecule is CC(O)(C(=O)O)c1cccc(Cl)c1Cl. The Kier molecular flexibility index (Phi) is 3.04. The summed E-state index contributed by atoms with van der Waals surface area (Å²) in [5, 5.41) is 18.7. The van der Waals surface area contributed by atoms with Crippen LogP contribution in [-0.4, -0.2) is 16.2 Å². The van der Waals surface area contributed by atoms with Crippen LogP contribution in [-0.2, 0) is 10.4 Å². The zero-order valence-corrected chi connectivity index (χ0v) is 8.80. The van der Waals surface area contributed by atoms with Gasteiger partial charge in [-0.05, 0) is 13.0 Å². The van der Waals surface area contributed by atoms with Gasteiger partial charge in [-0.15, -0.1) is 0 Å². The molecule has 0 heterocycles. The van der Waals surface area contributed by atoms with Gasteiger partial charge in [-0.2, -0.15) is 0 Å². The van der Waals surface area contributed by atoms with Crippen LogP contribution in [0.5, 0.6) is 0 Å². The van der Waals surface area contributed by atoms with Crippen LogP contribution in [0.25, 0.3) is 0 Å². The summed E-state index contributed by atoms with van der Waals surface area (Å²) >= 11 is 11.5. The summed E-state index contributed by atoms with van der Waals surface area (Å²) in [6, 6.07) is 4.47. The Hall–Kier alpha value is -0.770. The molecule has 76 valence electrons. The zero-order valence-electron chi connectivity index (χ0n) is 7.29. The lowest BCUT2D eigenvalue weighted by molar-refractivity contribution is -0.157. The standard InChI is InChI=1S/C9H8Cl2O3/c1-9(14,8(12)13)5-3-2-4-6(10)7(5)11/h2-4,14H,1H3,(H,12,13). The van der Waals surface area contributed by atoms with Crippen LogP contribution in [0.1, 0.15) is 12.5 Å². The molecule has 0 amide bonds. The topological polar surface area (TPSA) is 57.5 Å². The molecule has 0 fully saturated rings. The molecule has 1 aromatic carbocycles. The molecule has 0 saturated carbocycles. The molecule has 0 aliphatic carbocycles. The highest BCUT2D eigenvalue weighted by atomic mass is 35.5. The first-order chi connectivity index (χ1) is 6.37. The van der Waals surface area contributed by atoms with E-state index in [0.717, 1.165) is 6.92 Å². The van der Waals surface area contributed by atoms with Crippen LogP contribution in [0.15, 0.2) is 18.2 Å². The molecule has 1 aromatic rings. The van der Waals surface area contributed by atoms with E-state index < -0.39 is 11.6 Å². The van der Waals surface area contributed by atoms with Gasteiger partial charge in [0, 0.05) is 5.56 Å². The van der Waals surface area contributed by atoms with Gasteiger partial charge >= 0.3 is 5.97 Å². The lowest BCUT2D eigenvalue weighted by Gasteiger charge is -2.19.